The molecule has 344 valence electrons. The van der Waals surface area contributed by atoms with Crippen molar-refractivity contribution in [3.05, 3.63) is 0 Å². The first-order chi connectivity index (χ1) is 23.2. The van der Waals surface area contributed by atoms with Gasteiger partial charge in [-0.1, -0.05) is 103 Å². The van der Waals surface area contributed by atoms with E-state index in [0.717, 1.165) is 0 Å². The van der Waals surface area contributed by atoms with Crippen molar-refractivity contribution in [1.29, 1.82) is 0 Å². The van der Waals surface area contributed by atoms with Crippen LogP contribution in [0.4, 0.5) is 0 Å². The molecule has 0 saturated heterocycles. The molecule has 0 unspecified atom stereocenters. The second kappa shape index (κ2) is 21.1. The lowest BCUT2D eigenvalue weighted by atomic mass is 10.2. The predicted octanol–water partition coefficient (Wildman–Crippen LogP) is 16.8. The molecule has 0 atom stereocenters. The molecule has 0 aliphatic heterocycles. The Balaban J connectivity index is -0.000000338. The molecular weight excluding hydrogens is 857 g/mol. The quantitative estimate of drug-likeness (QED) is 0.182. The summed E-state index contributed by atoms with van der Waals surface area (Å²) in [5.74, 6) is 0. The molecule has 0 aromatic carbocycles. The number of hydrogen-bond acceptors (Lipinski definition) is 6. The molecule has 0 aliphatic rings. The maximum atomic E-state index is 6.64. The van der Waals surface area contributed by atoms with E-state index in [2.05, 4.69) is 240 Å². The van der Waals surface area contributed by atoms with E-state index in [4.69, 9.17) is 24.7 Å². The lowest BCUT2D eigenvalue weighted by Crippen LogP contribution is -2.65. The normalized spacial score (nSPS) is 15.2. The van der Waals surface area contributed by atoms with Gasteiger partial charge in [0.15, 0.2) is 58.2 Å². The van der Waals surface area contributed by atoms with Gasteiger partial charge in [-0.2, -0.15) is 0 Å². The van der Waals surface area contributed by atoms with E-state index in [1.807, 2.05) is 0 Å². The maximum absolute atomic E-state index is 6.64. The molecule has 0 fully saturated rings. The van der Waals surface area contributed by atoms with E-state index in [0.29, 0.717) is 10.1 Å². The van der Waals surface area contributed by atoms with Crippen molar-refractivity contribution in [2.24, 2.45) is 0 Å². The summed E-state index contributed by atoms with van der Waals surface area (Å²) in [6.07, 6.45) is 0. The van der Waals surface area contributed by atoms with Crippen molar-refractivity contribution in [3.63, 3.8) is 0 Å². The molecule has 0 amide bonds. The van der Waals surface area contributed by atoms with Crippen LogP contribution in [-0.2, 0) is 24.7 Å². The zero-order chi connectivity index (χ0) is 47.2. The highest BCUT2D eigenvalue weighted by Gasteiger charge is 2.58. The van der Waals surface area contributed by atoms with Crippen molar-refractivity contribution in [2.45, 2.75) is 260 Å². The highest BCUT2D eigenvalue weighted by molar-refractivity contribution is 6.91. The van der Waals surface area contributed by atoms with Gasteiger partial charge in [0.05, 0.1) is 0 Å². The van der Waals surface area contributed by atoms with E-state index < -0.39 is 83.7 Å². The summed E-state index contributed by atoms with van der Waals surface area (Å²) in [6.45, 7) is 81.7. The summed E-state index contributed by atoms with van der Waals surface area (Å²) < 4.78 is 39.1. The second-order valence-electron chi connectivity index (χ2n) is 27.5. The SMILES string of the molecule is CC(C)(C)[Si](C)(C)C.CC(C)(C)[Si](C)(C)O[Si](C)(C)C.CC(C)(C)[Si](C)(O[Si](C)(C)C)O[Si](C)(C)C.CC(C)(C)[Si](O[Si](C)(C)C)(O[Si](C)(C)C)O[Si](C)(C)C. The average molecular weight is 966 g/mol. The van der Waals surface area contributed by atoms with Gasteiger partial charge in [0, 0.05) is 18.2 Å². The van der Waals surface area contributed by atoms with Crippen molar-refractivity contribution in [1.82, 2.24) is 0 Å². The van der Waals surface area contributed by atoms with Crippen molar-refractivity contribution in [2.75, 3.05) is 0 Å². The molecule has 0 saturated carbocycles. The lowest BCUT2D eigenvalue weighted by Gasteiger charge is -2.49. The van der Waals surface area contributed by atoms with Crippen molar-refractivity contribution < 1.29 is 24.7 Å². The van der Waals surface area contributed by atoms with E-state index in [1.54, 1.807) is 0 Å². The van der Waals surface area contributed by atoms with Gasteiger partial charge in [-0.25, -0.2) is 0 Å². The van der Waals surface area contributed by atoms with Crippen molar-refractivity contribution in [3.8, 4) is 0 Å². The molecule has 0 bridgehead atoms. The lowest BCUT2D eigenvalue weighted by molar-refractivity contribution is 0.216. The molecule has 0 aromatic rings. The third-order valence-electron chi connectivity index (χ3n) is 9.22. The fraction of sp³-hybridized carbons (Fsp3) is 1.00. The highest BCUT2D eigenvalue weighted by atomic mass is 28.5. The van der Waals surface area contributed by atoms with Gasteiger partial charge in [-0.05, 0) is 148 Å². The molecule has 0 N–H and O–H groups in total. The first-order valence-corrected chi connectivity index (χ1v) is 52.3. The Morgan fingerprint density at radius 1 is 0.232 bits per heavy atom. The van der Waals surface area contributed by atoms with Gasteiger partial charge in [0.25, 0.3) is 0 Å². The summed E-state index contributed by atoms with van der Waals surface area (Å²) in [7, 11) is -16.8. The summed E-state index contributed by atoms with van der Waals surface area (Å²) in [5, 5.41) is 0.974. The average Bonchev–Trinajstić information content (AvgIpc) is 2.68. The molecule has 0 aliphatic carbocycles. The molecule has 16 heteroatoms. The largest absolute Gasteiger partial charge is 0.475 e. The molecule has 0 aromatic heterocycles. The predicted molar refractivity (Wildman–Crippen MR) is 284 cm³/mol. The third kappa shape index (κ3) is 30.9. The summed E-state index contributed by atoms with van der Waals surface area (Å²) in [6, 6.07) is 0. The summed E-state index contributed by atoms with van der Waals surface area (Å²) in [4.78, 5) is 0. The number of hydrogen-bond donors (Lipinski definition) is 0. The highest BCUT2D eigenvalue weighted by Crippen LogP contribution is 2.44. The molecule has 0 spiro atoms. The van der Waals surface area contributed by atoms with E-state index in [-0.39, 0.29) is 10.1 Å². The number of rotatable bonds is 12. The molecule has 6 nitrogen and oxygen atoms in total. The molecule has 0 rings (SSSR count). The second-order valence-corrected chi connectivity index (χ2v) is 74.3. The van der Waals surface area contributed by atoms with Crippen LogP contribution in [0, 0.1) is 0 Å². The molecule has 0 radical (unpaired) electrons. The van der Waals surface area contributed by atoms with Crippen LogP contribution in [0.2, 0.25) is 177 Å². The third-order valence-corrected chi connectivity index (χ3v) is 45.0. The minimum absolute atomic E-state index is 0.0894. The van der Waals surface area contributed by atoms with Crippen LogP contribution in [0.1, 0.15) is 83.1 Å². The van der Waals surface area contributed by atoms with Crippen LogP contribution in [0.3, 0.4) is 0 Å². The van der Waals surface area contributed by atoms with Crippen LogP contribution >= 0.6 is 0 Å². The van der Waals surface area contributed by atoms with Crippen LogP contribution in [0.15, 0.2) is 0 Å². The fourth-order valence-electron chi connectivity index (χ4n) is 4.15. The molecule has 0 heterocycles. The Morgan fingerprint density at radius 3 is 0.518 bits per heavy atom. The fourth-order valence-corrected chi connectivity index (χ4v) is 38.8. The van der Waals surface area contributed by atoms with E-state index in [1.165, 1.54) is 0 Å². The Kier molecular flexibility index (Phi) is 24.3. The summed E-state index contributed by atoms with van der Waals surface area (Å²) >= 11 is 0. The maximum Gasteiger partial charge on any atom is 0.475 e. The Morgan fingerprint density at radius 2 is 0.429 bits per heavy atom. The standard InChI is InChI=1S/C13H36O3Si4.C11H30O2Si3.C9H24OSi2.C7H18Si/c1-13(2,3)20(14-17(4,5)6,15-18(7,8)9)16-19(10,11)12;1-11(2,3)16(10,12-14(4,5)6)13-15(7,8)9;1-9(2,3)12(7,8)10-11(4,5)6;1-7(2,3)8(4,5)6/h1-12H3;1-10H3;1-8H3;1-6H3. The van der Waals surface area contributed by atoms with Gasteiger partial charge >= 0.3 is 17.4 Å². The van der Waals surface area contributed by atoms with E-state index in [9.17, 15) is 0 Å². The van der Waals surface area contributed by atoms with E-state index >= 15 is 0 Å². The van der Waals surface area contributed by atoms with Crippen molar-refractivity contribution >= 4 is 83.7 Å². The zero-order valence-electron chi connectivity index (χ0n) is 45.4. The van der Waals surface area contributed by atoms with Crippen LogP contribution < -0.4 is 0 Å². The van der Waals surface area contributed by atoms with Gasteiger partial charge < -0.3 is 24.7 Å². The first kappa shape index (κ1) is 64.6. The smallest absolute Gasteiger partial charge is 0.455 e. The van der Waals surface area contributed by atoms with Gasteiger partial charge in [-0.15, -0.1) is 0 Å². The monoisotopic (exact) mass is 965 g/mol. The molecule has 56 heavy (non-hydrogen) atoms. The van der Waals surface area contributed by atoms with Crippen LogP contribution in [-0.4, -0.2) is 83.7 Å². The van der Waals surface area contributed by atoms with Gasteiger partial charge in [0.1, 0.15) is 0 Å². The minimum Gasteiger partial charge on any atom is -0.455 e. The topological polar surface area (TPSA) is 55.4 Å². The van der Waals surface area contributed by atoms with Crippen LogP contribution in [0.25, 0.3) is 0 Å². The minimum atomic E-state index is -2.72. The zero-order valence-corrected chi connectivity index (χ0v) is 55.4. The van der Waals surface area contributed by atoms with Gasteiger partial charge in [0.2, 0.25) is 0 Å². The van der Waals surface area contributed by atoms with Crippen LogP contribution in [0.5, 0.6) is 0 Å². The Hall–Kier alpha value is 1.93. The first-order valence-electron chi connectivity index (χ1n) is 21.4. The Labute approximate surface area is 366 Å². The summed E-state index contributed by atoms with van der Waals surface area (Å²) in [5.41, 5.74) is 0. The molecular formula is C40H108O6Si10. The Bertz CT molecular complexity index is 1050. The van der Waals surface area contributed by atoms with Gasteiger partial charge in [-0.3, -0.25) is 0 Å².